The van der Waals surface area contributed by atoms with Crippen LogP contribution >= 0.6 is 11.8 Å². The average Bonchev–Trinajstić information content (AvgIpc) is 2.50. The Morgan fingerprint density at radius 2 is 1.59 bits per heavy atom. The van der Waals surface area contributed by atoms with Gasteiger partial charge in [0.05, 0.1) is 18.6 Å². The third-order valence-electron chi connectivity index (χ3n) is 3.70. The summed E-state index contributed by atoms with van der Waals surface area (Å²) < 4.78 is 10.3. The number of hydrogen-bond acceptors (Lipinski definition) is 5. The first-order chi connectivity index (χ1) is 10.4. The SMILES string of the molecule is CCC(C)(C)C(=O)OCCCC(=O)OCCCCCCSC. The van der Waals surface area contributed by atoms with Crippen LogP contribution in [0.3, 0.4) is 0 Å². The normalized spacial score (nSPS) is 11.3. The van der Waals surface area contributed by atoms with Gasteiger partial charge in [-0.3, -0.25) is 9.59 Å². The summed E-state index contributed by atoms with van der Waals surface area (Å²) >= 11 is 1.87. The summed E-state index contributed by atoms with van der Waals surface area (Å²) in [6, 6.07) is 0. The van der Waals surface area contributed by atoms with E-state index in [9.17, 15) is 9.59 Å². The number of unbranched alkanes of at least 4 members (excludes halogenated alkanes) is 3. The molecule has 0 rings (SSSR count). The first-order valence-corrected chi connectivity index (χ1v) is 9.65. The van der Waals surface area contributed by atoms with Crippen LogP contribution in [0.4, 0.5) is 0 Å². The van der Waals surface area contributed by atoms with E-state index in [1.807, 2.05) is 32.5 Å². The van der Waals surface area contributed by atoms with Crippen molar-refractivity contribution < 1.29 is 19.1 Å². The predicted molar refractivity (Wildman–Crippen MR) is 92.1 cm³/mol. The topological polar surface area (TPSA) is 52.6 Å². The van der Waals surface area contributed by atoms with Crippen LogP contribution in [-0.2, 0) is 19.1 Å². The van der Waals surface area contributed by atoms with Crippen LogP contribution < -0.4 is 0 Å². The Balaban J connectivity index is 3.49. The van der Waals surface area contributed by atoms with Crippen molar-refractivity contribution in [3.05, 3.63) is 0 Å². The van der Waals surface area contributed by atoms with E-state index in [1.165, 1.54) is 18.6 Å². The third-order valence-corrected chi connectivity index (χ3v) is 4.40. The first kappa shape index (κ1) is 21.3. The van der Waals surface area contributed by atoms with Crippen molar-refractivity contribution in [3.8, 4) is 0 Å². The molecule has 0 unspecified atom stereocenters. The predicted octanol–water partition coefficient (Wildman–Crippen LogP) is 4.21. The maximum absolute atomic E-state index is 11.7. The lowest BCUT2D eigenvalue weighted by atomic mass is 9.91. The zero-order valence-electron chi connectivity index (χ0n) is 14.6. The molecule has 0 bridgehead atoms. The van der Waals surface area contributed by atoms with Crippen molar-refractivity contribution in [2.24, 2.45) is 5.41 Å². The van der Waals surface area contributed by atoms with Crippen LogP contribution in [-0.4, -0.2) is 37.2 Å². The number of esters is 2. The quantitative estimate of drug-likeness (QED) is 0.373. The van der Waals surface area contributed by atoms with Crippen molar-refractivity contribution in [2.45, 2.75) is 65.7 Å². The Bertz CT molecular complexity index is 316. The van der Waals surface area contributed by atoms with Crippen LogP contribution in [0.1, 0.15) is 65.7 Å². The fourth-order valence-electron chi connectivity index (χ4n) is 1.68. The zero-order valence-corrected chi connectivity index (χ0v) is 15.4. The number of hydrogen-bond donors (Lipinski definition) is 0. The Morgan fingerprint density at radius 1 is 0.955 bits per heavy atom. The molecule has 0 aromatic heterocycles. The van der Waals surface area contributed by atoms with Crippen molar-refractivity contribution in [1.29, 1.82) is 0 Å². The minimum absolute atomic E-state index is 0.199. The van der Waals surface area contributed by atoms with Gasteiger partial charge in [0.25, 0.3) is 0 Å². The molecule has 0 radical (unpaired) electrons. The molecule has 0 aromatic carbocycles. The van der Waals surface area contributed by atoms with E-state index in [-0.39, 0.29) is 18.5 Å². The number of thioether (sulfide) groups is 1. The summed E-state index contributed by atoms with van der Waals surface area (Å²) in [6.07, 6.45) is 8.16. The van der Waals surface area contributed by atoms with E-state index in [1.54, 1.807) is 0 Å². The summed E-state index contributed by atoms with van der Waals surface area (Å²) in [4.78, 5) is 23.2. The van der Waals surface area contributed by atoms with Crippen LogP contribution in [0.15, 0.2) is 0 Å². The van der Waals surface area contributed by atoms with E-state index in [2.05, 4.69) is 6.26 Å². The molecule has 4 nitrogen and oxygen atoms in total. The number of carbonyl (C=O) groups is 2. The van der Waals surface area contributed by atoms with Gasteiger partial charge in [0.2, 0.25) is 0 Å². The van der Waals surface area contributed by atoms with Crippen LogP contribution in [0.25, 0.3) is 0 Å². The number of ether oxygens (including phenoxy) is 2. The molecule has 0 heterocycles. The maximum Gasteiger partial charge on any atom is 0.311 e. The molecule has 0 atom stereocenters. The average molecular weight is 333 g/mol. The van der Waals surface area contributed by atoms with Crippen molar-refractivity contribution in [2.75, 3.05) is 25.2 Å². The second kappa shape index (κ2) is 12.8. The highest BCUT2D eigenvalue weighted by atomic mass is 32.2. The van der Waals surface area contributed by atoms with Gasteiger partial charge in [-0.15, -0.1) is 0 Å². The highest BCUT2D eigenvalue weighted by Gasteiger charge is 2.26. The molecule has 130 valence electrons. The lowest BCUT2D eigenvalue weighted by Crippen LogP contribution is -2.26. The fraction of sp³-hybridized carbons (Fsp3) is 0.882. The summed E-state index contributed by atoms with van der Waals surface area (Å²) in [7, 11) is 0. The molecule has 0 N–H and O–H groups in total. The highest BCUT2D eigenvalue weighted by Crippen LogP contribution is 2.21. The maximum atomic E-state index is 11.7. The lowest BCUT2D eigenvalue weighted by molar-refractivity contribution is -0.155. The summed E-state index contributed by atoms with van der Waals surface area (Å²) in [5.74, 6) is 0.802. The van der Waals surface area contributed by atoms with Gasteiger partial charge in [-0.1, -0.05) is 19.8 Å². The van der Waals surface area contributed by atoms with Gasteiger partial charge in [0, 0.05) is 6.42 Å². The molecule has 0 fully saturated rings. The largest absolute Gasteiger partial charge is 0.466 e. The highest BCUT2D eigenvalue weighted by molar-refractivity contribution is 7.98. The van der Waals surface area contributed by atoms with Gasteiger partial charge in [-0.2, -0.15) is 11.8 Å². The molecular weight excluding hydrogens is 300 g/mol. The summed E-state index contributed by atoms with van der Waals surface area (Å²) in [5, 5.41) is 0. The van der Waals surface area contributed by atoms with Crippen molar-refractivity contribution >= 4 is 23.7 Å². The second-order valence-electron chi connectivity index (χ2n) is 6.10. The van der Waals surface area contributed by atoms with E-state index in [0.29, 0.717) is 19.4 Å². The van der Waals surface area contributed by atoms with Crippen LogP contribution in [0, 0.1) is 5.41 Å². The zero-order chi connectivity index (χ0) is 16.8. The van der Waals surface area contributed by atoms with Crippen molar-refractivity contribution in [3.63, 3.8) is 0 Å². The third kappa shape index (κ3) is 10.9. The lowest BCUT2D eigenvalue weighted by Gasteiger charge is -2.20. The molecule has 0 saturated heterocycles. The number of carbonyl (C=O) groups excluding carboxylic acids is 2. The van der Waals surface area contributed by atoms with Gasteiger partial charge < -0.3 is 9.47 Å². The van der Waals surface area contributed by atoms with E-state index in [0.717, 1.165) is 19.3 Å². The molecule has 0 aromatic rings. The van der Waals surface area contributed by atoms with E-state index >= 15 is 0 Å². The molecule has 0 aliphatic carbocycles. The van der Waals surface area contributed by atoms with Crippen LogP contribution in [0.5, 0.6) is 0 Å². The summed E-state index contributed by atoms with van der Waals surface area (Å²) in [6.45, 7) is 6.47. The molecule has 22 heavy (non-hydrogen) atoms. The Morgan fingerprint density at radius 3 is 2.23 bits per heavy atom. The van der Waals surface area contributed by atoms with Crippen LogP contribution in [0.2, 0.25) is 0 Å². The Hall–Kier alpha value is -0.710. The fourth-order valence-corrected chi connectivity index (χ4v) is 2.17. The monoisotopic (exact) mass is 332 g/mol. The molecule has 0 aliphatic heterocycles. The molecule has 0 amide bonds. The minimum atomic E-state index is -0.448. The number of rotatable bonds is 13. The molecule has 0 spiro atoms. The first-order valence-electron chi connectivity index (χ1n) is 8.25. The molecule has 0 aliphatic rings. The van der Waals surface area contributed by atoms with Gasteiger partial charge in [0.1, 0.15) is 0 Å². The van der Waals surface area contributed by atoms with Gasteiger partial charge in [-0.25, -0.2) is 0 Å². The second-order valence-corrected chi connectivity index (χ2v) is 7.09. The standard InChI is InChI=1S/C17H32O4S/c1-5-17(2,3)16(19)21-13-10-11-15(18)20-12-8-6-7-9-14-22-4/h5-14H2,1-4H3. The molecule has 0 saturated carbocycles. The molecular formula is C17H32O4S. The minimum Gasteiger partial charge on any atom is -0.466 e. The van der Waals surface area contributed by atoms with Gasteiger partial charge in [-0.05, 0) is 51.5 Å². The smallest absolute Gasteiger partial charge is 0.311 e. The Kier molecular flexibility index (Phi) is 12.4. The van der Waals surface area contributed by atoms with E-state index < -0.39 is 5.41 Å². The van der Waals surface area contributed by atoms with E-state index in [4.69, 9.17) is 9.47 Å². The molecule has 5 heteroatoms. The Labute approximate surface area is 139 Å². The summed E-state index contributed by atoms with van der Waals surface area (Å²) in [5.41, 5.74) is -0.448. The van der Waals surface area contributed by atoms with Crippen molar-refractivity contribution in [1.82, 2.24) is 0 Å². The van der Waals surface area contributed by atoms with Gasteiger partial charge in [0.15, 0.2) is 0 Å². The van der Waals surface area contributed by atoms with Gasteiger partial charge >= 0.3 is 11.9 Å².